The zero-order valence-corrected chi connectivity index (χ0v) is 6.76. The molecule has 0 aliphatic carbocycles. The molecule has 5 N–H and O–H groups in total. The van der Waals surface area contributed by atoms with Crippen LogP contribution in [0.3, 0.4) is 0 Å². The third kappa shape index (κ3) is 293. The Kier molecular flexibility index (Phi) is 22.9. The van der Waals surface area contributed by atoms with Gasteiger partial charge in [-0.1, -0.05) is 0 Å². The molecule has 0 spiro atoms. The molecular formula is H7BrLiNO4S. The van der Waals surface area contributed by atoms with Gasteiger partial charge in [0, 0.05) is 0 Å². The van der Waals surface area contributed by atoms with Crippen LogP contribution in [-0.4, -0.2) is 17.5 Å². The average Bonchev–Trinajstić information content (AvgIpc) is 0.722. The zero-order chi connectivity index (χ0) is 4.50. The van der Waals surface area contributed by atoms with Crippen molar-refractivity contribution in [2.24, 2.45) is 0 Å². The molecule has 8 heteroatoms. The Bertz CT molecular complexity index is 104. The molecule has 0 aromatic heterocycles. The first kappa shape index (κ1) is 23.1. The molecule has 0 heterocycles. The van der Waals surface area contributed by atoms with E-state index in [4.69, 9.17) is 17.5 Å². The molecular weight excluding hydrogens is 197 g/mol. The van der Waals surface area contributed by atoms with Crippen LogP contribution in [0.25, 0.3) is 0 Å². The Labute approximate surface area is 71.4 Å². The maximum atomic E-state index is 8.74. The fraction of sp³-hybridized carbons (Fsp3) is 0. The summed E-state index contributed by atoms with van der Waals surface area (Å²) in [4.78, 5) is 0. The van der Waals surface area contributed by atoms with Crippen LogP contribution < -0.4 is 25.0 Å². The van der Waals surface area contributed by atoms with E-state index in [9.17, 15) is 0 Å². The van der Waals surface area contributed by atoms with Crippen LogP contribution in [0.2, 0.25) is 0 Å². The van der Waals surface area contributed by atoms with E-state index < -0.39 is 10.4 Å². The number of halogens is 1. The molecule has 5 nitrogen and oxygen atoms in total. The van der Waals surface area contributed by atoms with Crippen molar-refractivity contribution >= 4 is 27.4 Å². The molecule has 0 aromatic rings. The van der Waals surface area contributed by atoms with Gasteiger partial charge < -0.3 is 7.58 Å². The zero-order valence-electron chi connectivity index (χ0n) is 5.23. The predicted octanol–water partition coefficient (Wildman–Crippen LogP) is -2.80. The summed E-state index contributed by atoms with van der Waals surface area (Å²) in [6.07, 6.45) is 0. The summed E-state index contributed by atoms with van der Waals surface area (Å²) in [5.41, 5.74) is 0. The van der Waals surface area contributed by atoms with E-state index in [1.807, 2.05) is 0 Å². The van der Waals surface area contributed by atoms with Crippen LogP contribution in [0, 0.1) is 0 Å². The monoisotopic (exact) mass is 203 g/mol. The predicted molar refractivity (Wildman–Crippen MR) is 30.6 cm³/mol. The van der Waals surface area contributed by atoms with E-state index in [0.29, 0.717) is 0 Å². The Hall–Kier alpha value is 0.907. The third-order valence-electron chi connectivity index (χ3n) is 0. The SMILES string of the molecule is Br.N.O=S(=O)(O)O.[H-].[Li+]. The normalized spacial score (nSPS) is 7.25. The van der Waals surface area contributed by atoms with Crippen molar-refractivity contribution in [1.82, 2.24) is 6.15 Å². The van der Waals surface area contributed by atoms with Gasteiger partial charge in [0.15, 0.2) is 0 Å². The minimum atomic E-state index is -4.67. The quantitative estimate of drug-likeness (QED) is 0.291. The van der Waals surface area contributed by atoms with Gasteiger partial charge in [-0.05, 0) is 0 Å². The summed E-state index contributed by atoms with van der Waals surface area (Å²) in [5.74, 6) is 0. The van der Waals surface area contributed by atoms with Crippen LogP contribution in [0.4, 0.5) is 0 Å². The van der Waals surface area contributed by atoms with Gasteiger partial charge in [-0.3, -0.25) is 9.11 Å². The molecule has 0 aliphatic heterocycles. The Morgan fingerprint density at radius 3 is 1.25 bits per heavy atom. The van der Waals surface area contributed by atoms with E-state index in [1.54, 1.807) is 0 Å². The van der Waals surface area contributed by atoms with Gasteiger partial charge in [-0.2, -0.15) is 8.42 Å². The first-order valence-electron chi connectivity index (χ1n) is 0.698. The van der Waals surface area contributed by atoms with Gasteiger partial charge in [-0.25, -0.2) is 0 Å². The van der Waals surface area contributed by atoms with E-state index in [-0.39, 0.29) is 43.4 Å². The molecule has 50 valence electrons. The molecule has 0 unspecified atom stereocenters. The van der Waals surface area contributed by atoms with Gasteiger partial charge in [-0.15, -0.1) is 17.0 Å². The van der Waals surface area contributed by atoms with Crippen LogP contribution >= 0.6 is 17.0 Å². The molecule has 0 rings (SSSR count). The summed E-state index contributed by atoms with van der Waals surface area (Å²) in [6, 6.07) is 0. The molecule has 0 atom stereocenters. The minimum absolute atomic E-state index is 0. The van der Waals surface area contributed by atoms with Crippen molar-refractivity contribution in [2.75, 3.05) is 0 Å². The van der Waals surface area contributed by atoms with Crippen LogP contribution in [0.1, 0.15) is 1.43 Å². The van der Waals surface area contributed by atoms with Gasteiger partial charge in [0.2, 0.25) is 0 Å². The Morgan fingerprint density at radius 2 is 1.25 bits per heavy atom. The first-order valence-corrected chi connectivity index (χ1v) is 2.10. The van der Waals surface area contributed by atoms with Crippen molar-refractivity contribution in [3.63, 3.8) is 0 Å². The van der Waals surface area contributed by atoms with E-state index >= 15 is 0 Å². The van der Waals surface area contributed by atoms with E-state index in [1.165, 1.54) is 0 Å². The fourth-order valence-electron chi connectivity index (χ4n) is 0. The van der Waals surface area contributed by atoms with Gasteiger partial charge in [0.25, 0.3) is 0 Å². The van der Waals surface area contributed by atoms with Crippen molar-refractivity contribution in [1.29, 1.82) is 0 Å². The molecule has 0 amide bonds. The molecule has 8 heavy (non-hydrogen) atoms. The summed E-state index contributed by atoms with van der Waals surface area (Å²) in [7, 11) is -4.67. The molecule has 0 saturated carbocycles. The summed E-state index contributed by atoms with van der Waals surface area (Å²) in [6.45, 7) is 0. The molecule has 0 bridgehead atoms. The minimum Gasteiger partial charge on any atom is -1.00 e. The van der Waals surface area contributed by atoms with Gasteiger partial charge >= 0.3 is 29.3 Å². The van der Waals surface area contributed by atoms with Crippen molar-refractivity contribution < 1.29 is 37.8 Å². The van der Waals surface area contributed by atoms with Gasteiger partial charge in [0.1, 0.15) is 0 Å². The van der Waals surface area contributed by atoms with Gasteiger partial charge in [0.05, 0.1) is 0 Å². The summed E-state index contributed by atoms with van der Waals surface area (Å²) in [5, 5.41) is 0. The molecule has 0 saturated heterocycles. The molecule has 0 aromatic carbocycles. The maximum Gasteiger partial charge on any atom is 1.00 e. The average molecular weight is 204 g/mol. The molecule has 0 radical (unpaired) electrons. The van der Waals surface area contributed by atoms with Crippen LogP contribution in [0.5, 0.6) is 0 Å². The second kappa shape index (κ2) is 7.91. The maximum absolute atomic E-state index is 8.74. The number of hydrogen-bond donors (Lipinski definition) is 3. The molecule has 0 fully saturated rings. The second-order valence-electron chi connectivity index (χ2n) is 0.448. The first-order chi connectivity index (χ1) is 2.00. The standard InChI is InChI=1S/BrH.Li.H3N.H2O4S.H/c;;;1-5(2,3)4;/h1H;;1H3;(H2,1,2,3,4);/q;+1;;;-1. The topological polar surface area (TPSA) is 110 Å². The van der Waals surface area contributed by atoms with Crippen LogP contribution in [-0.2, 0) is 10.4 Å². The van der Waals surface area contributed by atoms with E-state index in [2.05, 4.69) is 0 Å². The van der Waals surface area contributed by atoms with Crippen molar-refractivity contribution in [2.45, 2.75) is 0 Å². The van der Waals surface area contributed by atoms with Crippen molar-refractivity contribution in [3.05, 3.63) is 0 Å². The second-order valence-corrected chi connectivity index (χ2v) is 1.34. The number of rotatable bonds is 0. The Balaban J connectivity index is -0.0000000133. The van der Waals surface area contributed by atoms with Crippen molar-refractivity contribution in [3.8, 4) is 0 Å². The number of hydrogen-bond acceptors (Lipinski definition) is 3. The smallest absolute Gasteiger partial charge is 1.00 e. The van der Waals surface area contributed by atoms with E-state index in [0.717, 1.165) is 0 Å². The van der Waals surface area contributed by atoms with Crippen LogP contribution in [0.15, 0.2) is 0 Å². The fourth-order valence-corrected chi connectivity index (χ4v) is 0. The Morgan fingerprint density at radius 1 is 1.25 bits per heavy atom. The summed E-state index contributed by atoms with van der Waals surface area (Å²) < 4.78 is 31.6. The molecule has 0 aliphatic rings. The third-order valence-corrected chi connectivity index (χ3v) is 0. The summed E-state index contributed by atoms with van der Waals surface area (Å²) >= 11 is 0. The largest absolute Gasteiger partial charge is 1.00 e.